The second kappa shape index (κ2) is 10.7. The van der Waals surface area contributed by atoms with Crippen molar-refractivity contribution in [3.8, 4) is 11.5 Å². The van der Waals surface area contributed by atoms with Gasteiger partial charge in [0, 0.05) is 31.9 Å². The minimum Gasteiger partial charge on any atom is -0.457 e. The van der Waals surface area contributed by atoms with Crippen molar-refractivity contribution in [2.24, 2.45) is 0 Å². The van der Waals surface area contributed by atoms with Crippen molar-refractivity contribution in [3.05, 3.63) is 89.7 Å². The fourth-order valence-electron chi connectivity index (χ4n) is 3.78. The van der Waals surface area contributed by atoms with Crippen LogP contribution in [0.1, 0.15) is 15.9 Å². The fourth-order valence-corrected chi connectivity index (χ4v) is 3.78. The Balaban J connectivity index is 1.32. The summed E-state index contributed by atoms with van der Waals surface area (Å²) >= 11 is 0. The number of benzene rings is 3. The highest BCUT2D eigenvalue weighted by atomic mass is 19.4. The van der Waals surface area contributed by atoms with Crippen LogP contribution in [0.3, 0.4) is 0 Å². The Kier molecular flexibility index (Phi) is 7.42. The molecule has 0 unspecified atom stereocenters. The predicted octanol–water partition coefficient (Wildman–Crippen LogP) is 4.56. The van der Waals surface area contributed by atoms with Gasteiger partial charge in [-0.15, -0.1) is 0 Å². The molecule has 0 atom stereocenters. The van der Waals surface area contributed by atoms with Gasteiger partial charge in [0.05, 0.1) is 11.1 Å². The monoisotopic (exact) mass is 515 g/mol. The minimum absolute atomic E-state index is 0.0709. The lowest BCUT2D eigenvalue weighted by Gasteiger charge is -2.34. The highest BCUT2D eigenvalue weighted by Crippen LogP contribution is 2.33. The van der Waals surface area contributed by atoms with Gasteiger partial charge in [0.15, 0.2) is 0 Å². The van der Waals surface area contributed by atoms with Gasteiger partial charge < -0.3 is 19.9 Å². The summed E-state index contributed by atoms with van der Waals surface area (Å²) in [4.78, 5) is 40.0. The summed E-state index contributed by atoms with van der Waals surface area (Å²) in [7, 11) is 0. The Morgan fingerprint density at radius 3 is 2.00 bits per heavy atom. The molecule has 1 aliphatic rings. The Bertz CT molecular complexity index is 1290. The Hall–Kier alpha value is -4.41. The van der Waals surface area contributed by atoms with E-state index in [1.165, 1.54) is 4.90 Å². The van der Waals surface area contributed by atoms with E-state index in [0.717, 1.165) is 4.90 Å². The van der Waals surface area contributed by atoms with Crippen LogP contribution < -0.4 is 10.1 Å². The third kappa shape index (κ3) is 6.24. The zero-order valence-electron chi connectivity index (χ0n) is 19.3. The van der Waals surface area contributed by atoms with Gasteiger partial charge in [-0.05, 0) is 54.6 Å². The highest BCUT2D eigenvalue weighted by Gasteiger charge is 2.37. The van der Waals surface area contributed by atoms with Crippen LogP contribution in [0.4, 0.5) is 23.2 Å². The molecular weight excluding hydrogens is 494 g/mol. The number of hydrogen-bond donors (Lipinski definition) is 1. The van der Waals surface area contributed by atoms with Gasteiger partial charge in [0.1, 0.15) is 17.3 Å². The number of rotatable bonds is 4. The molecule has 1 aliphatic heterocycles. The average molecular weight is 515 g/mol. The maximum absolute atomic E-state index is 13.6. The summed E-state index contributed by atoms with van der Waals surface area (Å²) < 4.78 is 59.0. The van der Waals surface area contributed by atoms with Crippen LogP contribution in [0.5, 0.6) is 11.5 Å². The molecule has 3 aromatic rings. The summed E-state index contributed by atoms with van der Waals surface area (Å²) in [6, 6.07) is 17.2. The smallest absolute Gasteiger partial charge is 0.417 e. The summed E-state index contributed by atoms with van der Waals surface area (Å²) in [5.41, 5.74) is -1.68. The van der Waals surface area contributed by atoms with Gasteiger partial charge in [-0.2, -0.15) is 13.2 Å². The number of carbonyl (C=O) groups is 3. The summed E-state index contributed by atoms with van der Waals surface area (Å²) in [6.45, 7) is -0.370. The molecule has 37 heavy (non-hydrogen) atoms. The Morgan fingerprint density at radius 1 is 0.784 bits per heavy atom. The molecule has 1 heterocycles. The number of piperazine rings is 1. The van der Waals surface area contributed by atoms with Crippen molar-refractivity contribution in [3.63, 3.8) is 0 Å². The van der Waals surface area contributed by atoms with Crippen LogP contribution in [0.2, 0.25) is 0 Å². The average Bonchev–Trinajstić information content (AvgIpc) is 2.89. The van der Waals surface area contributed by atoms with Gasteiger partial charge in [0.25, 0.3) is 5.91 Å². The molecule has 4 rings (SSSR count). The van der Waals surface area contributed by atoms with E-state index in [4.69, 9.17) is 4.74 Å². The van der Waals surface area contributed by atoms with Gasteiger partial charge in [-0.3, -0.25) is 14.4 Å². The van der Waals surface area contributed by atoms with Crippen LogP contribution >= 0.6 is 0 Å². The molecule has 1 saturated heterocycles. The quantitative estimate of drug-likeness (QED) is 0.408. The normalized spacial score (nSPS) is 13.7. The number of alkyl halides is 3. The van der Waals surface area contributed by atoms with Crippen molar-refractivity contribution in [2.45, 2.75) is 6.18 Å². The topological polar surface area (TPSA) is 79.0 Å². The number of halogens is 4. The SMILES string of the molecule is O=C(Nc1ccc(Oc2ccccc2)cc1)C(=O)N1CCN(C(=O)c2cc(F)ccc2C(F)(F)F)CC1. The number of anilines is 1. The van der Waals surface area contributed by atoms with Crippen LogP contribution in [-0.2, 0) is 15.8 Å². The van der Waals surface area contributed by atoms with E-state index in [2.05, 4.69) is 5.32 Å². The molecule has 0 radical (unpaired) electrons. The number of hydrogen-bond acceptors (Lipinski definition) is 4. The number of amides is 3. The lowest BCUT2D eigenvalue weighted by atomic mass is 10.0. The van der Waals surface area contributed by atoms with Crippen molar-refractivity contribution in [2.75, 3.05) is 31.5 Å². The van der Waals surface area contributed by atoms with Crippen LogP contribution in [0.15, 0.2) is 72.8 Å². The van der Waals surface area contributed by atoms with Crippen molar-refractivity contribution in [1.29, 1.82) is 0 Å². The Morgan fingerprint density at radius 2 is 1.38 bits per heavy atom. The Labute approximate surface area is 209 Å². The molecule has 1 fully saturated rings. The van der Waals surface area contributed by atoms with Gasteiger partial charge in [-0.25, -0.2) is 4.39 Å². The van der Waals surface area contributed by atoms with Crippen molar-refractivity contribution >= 4 is 23.4 Å². The van der Waals surface area contributed by atoms with E-state index in [0.29, 0.717) is 35.4 Å². The first-order chi connectivity index (χ1) is 17.6. The second-order valence-electron chi connectivity index (χ2n) is 8.17. The summed E-state index contributed by atoms with van der Waals surface area (Å²) in [6.07, 6.45) is -4.83. The third-order valence-corrected chi connectivity index (χ3v) is 5.66. The molecular formula is C26H21F4N3O4. The van der Waals surface area contributed by atoms with E-state index in [1.54, 1.807) is 36.4 Å². The van der Waals surface area contributed by atoms with E-state index >= 15 is 0 Å². The van der Waals surface area contributed by atoms with E-state index in [1.807, 2.05) is 18.2 Å². The molecule has 0 aromatic heterocycles. The maximum Gasteiger partial charge on any atom is 0.417 e. The number of ether oxygens (including phenoxy) is 1. The number of nitrogens with zero attached hydrogens (tertiary/aromatic N) is 2. The third-order valence-electron chi connectivity index (χ3n) is 5.66. The minimum atomic E-state index is -4.83. The molecule has 3 amide bonds. The van der Waals surface area contributed by atoms with Crippen LogP contribution in [-0.4, -0.2) is 53.7 Å². The maximum atomic E-state index is 13.6. The fraction of sp³-hybridized carbons (Fsp3) is 0.192. The molecule has 1 N–H and O–H groups in total. The summed E-state index contributed by atoms with van der Waals surface area (Å²) in [5.74, 6) is -2.55. The molecule has 11 heteroatoms. The summed E-state index contributed by atoms with van der Waals surface area (Å²) in [5, 5.41) is 2.49. The lowest BCUT2D eigenvalue weighted by molar-refractivity contribution is -0.144. The van der Waals surface area contributed by atoms with E-state index in [-0.39, 0.29) is 26.2 Å². The van der Waals surface area contributed by atoms with E-state index in [9.17, 15) is 31.9 Å². The van der Waals surface area contributed by atoms with Gasteiger partial charge >= 0.3 is 18.0 Å². The van der Waals surface area contributed by atoms with Crippen LogP contribution in [0.25, 0.3) is 0 Å². The molecule has 0 spiro atoms. The molecule has 3 aromatic carbocycles. The second-order valence-corrected chi connectivity index (χ2v) is 8.17. The largest absolute Gasteiger partial charge is 0.457 e. The molecule has 0 bridgehead atoms. The van der Waals surface area contributed by atoms with Gasteiger partial charge in [-0.1, -0.05) is 18.2 Å². The van der Waals surface area contributed by atoms with E-state index < -0.39 is 40.8 Å². The number of para-hydroxylation sites is 1. The lowest BCUT2D eigenvalue weighted by Crippen LogP contribution is -2.53. The first kappa shape index (κ1) is 25.7. The first-order valence-electron chi connectivity index (χ1n) is 11.2. The first-order valence-corrected chi connectivity index (χ1v) is 11.2. The number of carbonyl (C=O) groups excluding carboxylic acids is 3. The van der Waals surface area contributed by atoms with Crippen molar-refractivity contribution < 1.29 is 36.7 Å². The molecule has 0 aliphatic carbocycles. The zero-order chi connectivity index (χ0) is 26.6. The molecule has 7 nitrogen and oxygen atoms in total. The zero-order valence-corrected chi connectivity index (χ0v) is 19.3. The molecule has 0 saturated carbocycles. The number of nitrogens with one attached hydrogen (secondary N) is 1. The highest BCUT2D eigenvalue weighted by molar-refractivity contribution is 6.39. The van der Waals surface area contributed by atoms with Crippen LogP contribution in [0, 0.1) is 5.82 Å². The van der Waals surface area contributed by atoms with Crippen molar-refractivity contribution in [1.82, 2.24) is 9.80 Å². The van der Waals surface area contributed by atoms with Gasteiger partial charge in [0.2, 0.25) is 0 Å². The standard InChI is InChI=1S/C26H21F4N3O4/c27-17-6-11-22(26(28,29)30)21(16-17)24(35)32-12-14-33(15-13-32)25(36)23(34)31-18-7-9-20(10-8-18)37-19-4-2-1-3-5-19/h1-11,16H,12-15H2,(H,31,34). The molecule has 192 valence electrons. The predicted molar refractivity (Wildman–Crippen MR) is 125 cm³/mol.